The van der Waals surface area contributed by atoms with Gasteiger partial charge in [0.15, 0.2) is 0 Å². The highest BCUT2D eigenvalue weighted by Crippen LogP contribution is 2.26. The van der Waals surface area contributed by atoms with E-state index in [9.17, 15) is 8.78 Å². The maximum atomic E-state index is 12.1. The van der Waals surface area contributed by atoms with Crippen LogP contribution in [0.2, 0.25) is 0 Å². The molecule has 0 bridgehead atoms. The van der Waals surface area contributed by atoms with E-state index in [2.05, 4.69) is 10.5 Å². The van der Waals surface area contributed by atoms with Gasteiger partial charge < -0.3 is 4.74 Å². The van der Waals surface area contributed by atoms with Crippen LogP contribution in [0.5, 0.6) is 5.75 Å². The van der Waals surface area contributed by atoms with Gasteiger partial charge in [0.25, 0.3) is 6.43 Å². The zero-order valence-electron chi connectivity index (χ0n) is 10.0. The van der Waals surface area contributed by atoms with Gasteiger partial charge in [-0.25, -0.2) is 8.78 Å². The molecule has 0 aliphatic carbocycles. The van der Waals surface area contributed by atoms with Crippen LogP contribution >= 0.6 is 0 Å². The third kappa shape index (κ3) is 4.60. The van der Waals surface area contributed by atoms with E-state index in [1.54, 1.807) is 37.3 Å². The van der Waals surface area contributed by atoms with Crippen molar-refractivity contribution in [2.75, 3.05) is 12.0 Å². The Kier molecular flexibility index (Phi) is 5.24. The molecule has 0 aromatic heterocycles. The van der Waals surface area contributed by atoms with Crippen LogP contribution in [0.3, 0.4) is 0 Å². The number of nitriles is 2. The molecule has 0 unspecified atom stereocenters. The van der Waals surface area contributed by atoms with E-state index in [4.69, 9.17) is 15.3 Å². The molecule has 0 aliphatic heterocycles. The summed E-state index contributed by atoms with van der Waals surface area (Å²) in [4.78, 5) is 0. The SMILES string of the molecule is Cc1ccc(NN=C(C#N)C#N)c(OCC(F)F)c1. The number of hydrazone groups is 1. The Hall–Kier alpha value is -2.67. The maximum Gasteiger partial charge on any atom is 0.272 e. The normalized spacial score (nSPS) is 9.37. The molecule has 98 valence electrons. The van der Waals surface area contributed by atoms with Crippen molar-refractivity contribution in [2.45, 2.75) is 13.3 Å². The first-order valence-electron chi connectivity index (χ1n) is 5.22. The average molecular weight is 264 g/mol. The molecule has 0 saturated heterocycles. The van der Waals surface area contributed by atoms with Crippen LogP contribution in [0, 0.1) is 29.6 Å². The van der Waals surface area contributed by atoms with E-state index in [-0.39, 0.29) is 11.5 Å². The van der Waals surface area contributed by atoms with Gasteiger partial charge in [-0.05, 0) is 24.6 Å². The second-order valence-electron chi connectivity index (χ2n) is 3.50. The van der Waals surface area contributed by atoms with Crippen LogP contribution < -0.4 is 10.2 Å². The standard InChI is InChI=1S/C12H10F2N4O/c1-8-2-3-10(18-17-9(5-15)6-16)11(4-8)19-7-12(13)14/h2-4,12,18H,7H2,1H3. The molecule has 0 aliphatic rings. The summed E-state index contributed by atoms with van der Waals surface area (Å²) in [5.74, 6) is 0.180. The van der Waals surface area contributed by atoms with Crippen LogP contribution in [0.15, 0.2) is 23.3 Å². The quantitative estimate of drug-likeness (QED) is 0.654. The van der Waals surface area contributed by atoms with E-state index in [0.717, 1.165) is 5.56 Å². The molecular formula is C12H10F2N4O. The molecule has 1 aromatic rings. The van der Waals surface area contributed by atoms with Crippen LogP contribution in [0.1, 0.15) is 5.56 Å². The van der Waals surface area contributed by atoms with Crippen molar-refractivity contribution in [3.63, 3.8) is 0 Å². The number of halogens is 2. The van der Waals surface area contributed by atoms with Gasteiger partial charge in [0.1, 0.15) is 24.5 Å². The lowest BCUT2D eigenvalue weighted by molar-refractivity contribution is 0.0822. The summed E-state index contributed by atoms with van der Waals surface area (Å²) < 4.78 is 29.2. The first-order chi connectivity index (χ1) is 9.06. The molecule has 0 atom stereocenters. The molecule has 0 spiro atoms. The molecule has 1 aromatic carbocycles. The first-order valence-corrected chi connectivity index (χ1v) is 5.22. The number of alkyl halides is 2. The molecule has 1 N–H and O–H groups in total. The second kappa shape index (κ2) is 6.92. The molecule has 7 heteroatoms. The second-order valence-corrected chi connectivity index (χ2v) is 3.50. The van der Waals surface area contributed by atoms with Crippen LogP contribution in [0.4, 0.5) is 14.5 Å². The highest BCUT2D eigenvalue weighted by atomic mass is 19.3. The molecular weight excluding hydrogens is 254 g/mol. The van der Waals surface area contributed by atoms with Crippen molar-refractivity contribution in [1.29, 1.82) is 10.5 Å². The largest absolute Gasteiger partial charge is 0.485 e. The number of ether oxygens (including phenoxy) is 1. The van der Waals surface area contributed by atoms with Gasteiger partial charge in [-0.3, -0.25) is 5.43 Å². The molecule has 0 heterocycles. The van der Waals surface area contributed by atoms with E-state index >= 15 is 0 Å². The third-order valence-corrected chi connectivity index (χ3v) is 2.00. The number of nitrogens with zero attached hydrogens (tertiary/aromatic N) is 3. The number of anilines is 1. The van der Waals surface area contributed by atoms with Crippen molar-refractivity contribution < 1.29 is 13.5 Å². The summed E-state index contributed by atoms with van der Waals surface area (Å²) in [6, 6.07) is 7.97. The molecule has 5 nitrogen and oxygen atoms in total. The summed E-state index contributed by atoms with van der Waals surface area (Å²) in [5, 5.41) is 20.6. The van der Waals surface area contributed by atoms with Gasteiger partial charge in [-0.1, -0.05) is 6.07 Å². The van der Waals surface area contributed by atoms with Crippen molar-refractivity contribution in [2.24, 2.45) is 5.10 Å². The van der Waals surface area contributed by atoms with Crippen molar-refractivity contribution in [3.05, 3.63) is 23.8 Å². The highest BCUT2D eigenvalue weighted by molar-refractivity contribution is 6.10. The summed E-state index contributed by atoms with van der Waals surface area (Å²) >= 11 is 0. The Morgan fingerprint density at radius 1 is 1.42 bits per heavy atom. The minimum Gasteiger partial charge on any atom is -0.485 e. The Morgan fingerprint density at radius 2 is 2.11 bits per heavy atom. The van der Waals surface area contributed by atoms with Gasteiger partial charge in [-0.2, -0.15) is 15.6 Å². The lowest BCUT2D eigenvalue weighted by Gasteiger charge is -2.11. The Bertz CT molecular complexity index is 542. The summed E-state index contributed by atoms with van der Waals surface area (Å²) in [5.41, 5.74) is 3.18. The van der Waals surface area contributed by atoms with E-state index in [0.29, 0.717) is 5.69 Å². The van der Waals surface area contributed by atoms with Crippen LogP contribution in [-0.2, 0) is 0 Å². The van der Waals surface area contributed by atoms with Gasteiger partial charge in [0, 0.05) is 0 Å². The number of hydrogen-bond acceptors (Lipinski definition) is 5. The lowest BCUT2D eigenvalue weighted by atomic mass is 10.2. The Morgan fingerprint density at radius 3 is 2.68 bits per heavy atom. The monoisotopic (exact) mass is 264 g/mol. The molecule has 19 heavy (non-hydrogen) atoms. The fourth-order valence-electron chi connectivity index (χ4n) is 1.19. The van der Waals surface area contributed by atoms with Gasteiger partial charge in [0.05, 0.1) is 5.69 Å². The van der Waals surface area contributed by atoms with E-state index < -0.39 is 13.0 Å². The first kappa shape index (κ1) is 14.4. The van der Waals surface area contributed by atoms with Gasteiger partial charge >= 0.3 is 0 Å². The number of aryl methyl sites for hydroxylation is 1. The molecule has 1 rings (SSSR count). The maximum absolute atomic E-state index is 12.1. The van der Waals surface area contributed by atoms with Crippen molar-refractivity contribution in [1.82, 2.24) is 0 Å². The average Bonchev–Trinajstić information content (AvgIpc) is 2.39. The van der Waals surface area contributed by atoms with E-state index in [1.165, 1.54) is 0 Å². The zero-order valence-corrected chi connectivity index (χ0v) is 10.0. The zero-order chi connectivity index (χ0) is 14.3. The fraction of sp³-hybridized carbons (Fsp3) is 0.250. The highest BCUT2D eigenvalue weighted by Gasteiger charge is 2.08. The number of benzene rings is 1. The van der Waals surface area contributed by atoms with Crippen LogP contribution in [-0.4, -0.2) is 18.7 Å². The fourth-order valence-corrected chi connectivity index (χ4v) is 1.19. The van der Waals surface area contributed by atoms with E-state index in [1.807, 2.05) is 0 Å². The smallest absolute Gasteiger partial charge is 0.272 e. The molecule has 0 fully saturated rings. The number of nitrogens with one attached hydrogen (secondary N) is 1. The summed E-state index contributed by atoms with van der Waals surface area (Å²) in [6.07, 6.45) is -2.59. The Labute approximate surface area is 108 Å². The third-order valence-electron chi connectivity index (χ3n) is 2.00. The van der Waals surface area contributed by atoms with Crippen molar-refractivity contribution in [3.8, 4) is 17.9 Å². The predicted octanol–water partition coefficient (Wildman–Crippen LogP) is 2.45. The molecule has 0 radical (unpaired) electrons. The minimum absolute atomic E-state index is 0.180. The van der Waals surface area contributed by atoms with Crippen molar-refractivity contribution >= 4 is 11.4 Å². The van der Waals surface area contributed by atoms with Gasteiger partial charge in [-0.15, -0.1) is 0 Å². The minimum atomic E-state index is -2.59. The molecule has 0 amide bonds. The predicted molar refractivity (Wildman–Crippen MR) is 65.0 cm³/mol. The number of rotatable bonds is 5. The van der Waals surface area contributed by atoms with Gasteiger partial charge in [0.2, 0.25) is 5.71 Å². The molecule has 0 saturated carbocycles. The number of hydrogen-bond donors (Lipinski definition) is 1. The van der Waals surface area contributed by atoms with Crippen LogP contribution in [0.25, 0.3) is 0 Å². The lowest BCUT2D eigenvalue weighted by Crippen LogP contribution is -2.08. The summed E-state index contributed by atoms with van der Waals surface area (Å²) in [6.45, 7) is 1.03. The Balaban J connectivity index is 2.91. The topological polar surface area (TPSA) is 81.2 Å². The summed E-state index contributed by atoms with van der Waals surface area (Å²) in [7, 11) is 0.